The maximum Gasteiger partial charge on any atom is 0.452 e. The zero-order valence-corrected chi connectivity index (χ0v) is 9.33. The van der Waals surface area contributed by atoms with Crippen LogP contribution >= 0.6 is 12.4 Å². The molecule has 90 valence electrons. The molecule has 0 saturated heterocycles. The fraction of sp³-hybridized carbons (Fsp3) is 0.750. The molecule has 1 amide bonds. The minimum atomic E-state index is -4.91. The van der Waals surface area contributed by atoms with Crippen LogP contribution in [0.25, 0.3) is 0 Å². The van der Waals surface area contributed by atoms with Crippen LogP contribution in [0.4, 0.5) is 13.2 Å². The third kappa shape index (κ3) is 5.61. The molecular weight excluding hydrogens is 235 g/mol. The van der Waals surface area contributed by atoms with Crippen molar-refractivity contribution in [2.24, 2.45) is 5.92 Å². The number of alkyl halides is 3. The summed E-state index contributed by atoms with van der Waals surface area (Å²) in [4.78, 5) is 21.4. The molecule has 0 saturated carbocycles. The highest BCUT2D eigenvalue weighted by Gasteiger charge is 2.44. The van der Waals surface area contributed by atoms with Gasteiger partial charge >= 0.3 is 6.18 Å². The van der Waals surface area contributed by atoms with E-state index in [2.05, 4.69) is 0 Å². The van der Waals surface area contributed by atoms with E-state index in [9.17, 15) is 22.8 Å². The van der Waals surface area contributed by atoms with Gasteiger partial charge in [0.1, 0.15) is 0 Å². The van der Waals surface area contributed by atoms with E-state index in [1.54, 1.807) is 0 Å². The Morgan fingerprint density at radius 3 is 1.80 bits per heavy atom. The van der Waals surface area contributed by atoms with Gasteiger partial charge in [0.25, 0.3) is 5.78 Å². The van der Waals surface area contributed by atoms with E-state index in [1.807, 2.05) is 5.32 Å². The Balaban J connectivity index is 0. The second-order valence-electron chi connectivity index (χ2n) is 3.28. The number of hydrogen-bond donors (Lipinski definition) is 1. The quantitative estimate of drug-likeness (QED) is 0.825. The largest absolute Gasteiger partial charge is 0.452 e. The molecule has 0 aromatic carbocycles. The van der Waals surface area contributed by atoms with Gasteiger partial charge in [-0.1, -0.05) is 13.8 Å². The molecule has 0 heterocycles. The predicted molar refractivity (Wildman–Crippen MR) is 50.8 cm³/mol. The Morgan fingerprint density at radius 2 is 1.60 bits per heavy atom. The standard InChI is InChI=1S/C8H12F3NO2.ClH/c1-4(2)6(12-5(3)13)7(14)8(9,10)11;/h4,6H,1-3H3,(H,12,13);1H. The lowest BCUT2D eigenvalue weighted by atomic mass is 9.99. The van der Waals surface area contributed by atoms with E-state index in [1.165, 1.54) is 13.8 Å². The fourth-order valence-corrected chi connectivity index (χ4v) is 0.930. The summed E-state index contributed by atoms with van der Waals surface area (Å²) in [6.07, 6.45) is -4.91. The Kier molecular flexibility index (Phi) is 6.60. The van der Waals surface area contributed by atoms with Crippen LogP contribution in [-0.4, -0.2) is 23.9 Å². The van der Waals surface area contributed by atoms with Gasteiger partial charge in [-0.15, -0.1) is 12.4 Å². The summed E-state index contributed by atoms with van der Waals surface area (Å²) in [5.74, 6) is -3.16. The third-order valence-corrected chi connectivity index (χ3v) is 1.59. The minimum Gasteiger partial charge on any atom is -0.346 e. The normalized spacial score (nSPS) is 13.0. The number of carbonyl (C=O) groups is 2. The molecule has 0 bridgehead atoms. The minimum absolute atomic E-state index is 0. The number of Topliss-reactive ketones (excluding diaryl/α,β-unsaturated/α-hetero) is 1. The van der Waals surface area contributed by atoms with Crippen molar-refractivity contribution in [2.45, 2.75) is 33.0 Å². The zero-order valence-electron chi connectivity index (χ0n) is 8.51. The maximum absolute atomic E-state index is 12.0. The van der Waals surface area contributed by atoms with Crippen LogP contribution in [0, 0.1) is 5.92 Å². The number of nitrogens with one attached hydrogen (secondary N) is 1. The molecule has 1 N–H and O–H groups in total. The Hall–Kier alpha value is -0.780. The predicted octanol–water partition coefficient (Wildman–Crippen LogP) is 1.70. The summed E-state index contributed by atoms with van der Waals surface area (Å²) in [6, 6.07) is -1.49. The first-order valence-electron chi connectivity index (χ1n) is 4.04. The number of amides is 1. The Labute approximate surface area is 91.8 Å². The molecule has 0 radical (unpaired) electrons. The highest BCUT2D eigenvalue weighted by atomic mass is 35.5. The van der Waals surface area contributed by atoms with Crippen molar-refractivity contribution in [3.8, 4) is 0 Å². The molecule has 0 spiro atoms. The average molecular weight is 248 g/mol. The van der Waals surface area contributed by atoms with Gasteiger partial charge in [0.05, 0.1) is 6.04 Å². The van der Waals surface area contributed by atoms with Gasteiger partial charge in [0.2, 0.25) is 5.91 Å². The number of halogens is 4. The lowest BCUT2D eigenvalue weighted by Crippen LogP contribution is -2.49. The second kappa shape index (κ2) is 5.95. The number of hydrogen-bond acceptors (Lipinski definition) is 2. The van der Waals surface area contributed by atoms with Gasteiger partial charge < -0.3 is 5.32 Å². The average Bonchev–Trinajstić information content (AvgIpc) is 1.96. The first-order chi connectivity index (χ1) is 6.16. The van der Waals surface area contributed by atoms with Gasteiger partial charge in [-0.05, 0) is 5.92 Å². The maximum atomic E-state index is 12.0. The lowest BCUT2D eigenvalue weighted by molar-refractivity contribution is -0.174. The van der Waals surface area contributed by atoms with Gasteiger partial charge in [0.15, 0.2) is 0 Å². The Bertz CT molecular complexity index is 241. The molecule has 3 nitrogen and oxygen atoms in total. The first-order valence-corrected chi connectivity index (χ1v) is 4.04. The van der Waals surface area contributed by atoms with Crippen molar-refractivity contribution in [1.82, 2.24) is 5.32 Å². The molecule has 1 atom stereocenters. The SMILES string of the molecule is CC(=O)NC(C(=O)C(F)(F)F)C(C)C.Cl. The van der Waals surface area contributed by atoms with Crippen molar-refractivity contribution in [3.63, 3.8) is 0 Å². The molecule has 0 aliphatic rings. The molecule has 7 heteroatoms. The number of rotatable bonds is 3. The van der Waals surface area contributed by atoms with Crippen LogP contribution in [0.3, 0.4) is 0 Å². The molecule has 1 unspecified atom stereocenters. The van der Waals surface area contributed by atoms with Crippen molar-refractivity contribution in [2.75, 3.05) is 0 Å². The van der Waals surface area contributed by atoms with Crippen molar-refractivity contribution >= 4 is 24.1 Å². The van der Waals surface area contributed by atoms with Crippen LogP contribution in [-0.2, 0) is 9.59 Å². The summed E-state index contributed by atoms with van der Waals surface area (Å²) in [6.45, 7) is 3.94. The van der Waals surface area contributed by atoms with E-state index in [0.29, 0.717) is 0 Å². The highest BCUT2D eigenvalue weighted by Crippen LogP contribution is 2.20. The van der Waals surface area contributed by atoms with Crippen LogP contribution in [0.5, 0.6) is 0 Å². The molecular formula is C8H13ClF3NO2. The first kappa shape index (κ1) is 16.6. The molecule has 15 heavy (non-hydrogen) atoms. The van der Waals surface area contributed by atoms with Gasteiger partial charge in [-0.2, -0.15) is 13.2 Å². The molecule has 0 rings (SSSR count). The summed E-state index contributed by atoms with van der Waals surface area (Å²) in [5, 5.41) is 1.98. The summed E-state index contributed by atoms with van der Waals surface area (Å²) in [5.41, 5.74) is 0. The highest BCUT2D eigenvalue weighted by molar-refractivity contribution is 5.92. The second-order valence-corrected chi connectivity index (χ2v) is 3.28. The molecule has 0 aromatic heterocycles. The lowest BCUT2D eigenvalue weighted by Gasteiger charge is -2.21. The van der Waals surface area contributed by atoms with Crippen molar-refractivity contribution in [1.29, 1.82) is 0 Å². The van der Waals surface area contributed by atoms with Crippen LogP contribution in [0.1, 0.15) is 20.8 Å². The van der Waals surface area contributed by atoms with Gasteiger partial charge in [0, 0.05) is 6.92 Å². The topological polar surface area (TPSA) is 46.2 Å². The van der Waals surface area contributed by atoms with Crippen molar-refractivity contribution in [3.05, 3.63) is 0 Å². The Morgan fingerprint density at radius 1 is 1.20 bits per heavy atom. The molecule has 0 aromatic rings. The van der Waals surface area contributed by atoms with E-state index in [0.717, 1.165) is 6.92 Å². The molecule has 0 fully saturated rings. The summed E-state index contributed by atoms with van der Waals surface area (Å²) < 4.78 is 36.0. The summed E-state index contributed by atoms with van der Waals surface area (Å²) >= 11 is 0. The van der Waals surface area contributed by atoms with Crippen molar-refractivity contribution < 1.29 is 22.8 Å². The smallest absolute Gasteiger partial charge is 0.346 e. The molecule has 0 aliphatic carbocycles. The van der Waals surface area contributed by atoms with E-state index >= 15 is 0 Å². The number of carbonyl (C=O) groups excluding carboxylic acids is 2. The van der Waals surface area contributed by atoms with Crippen LogP contribution in [0.15, 0.2) is 0 Å². The van der Waals surface area contributed by atoms with Gasteiger partial charge in [-0.3, -0.25) is 9.59 Å². The summed E-state index contributed by atoms with van der Waals surface area (Å²) in [7, 11) is 0. The fourth-order valence-electron chi connectivity index (χ4n) is 0.930. The van der Waals surface area contributed by atoms with E-state index in [4.69, 9.17) is 0 Å². The number of ketones is 1. The molecule has 0 aliphatic heterocycles. The van der Waals surface area contributed by atoms with Gasteiger partial charge in [-0.25, -0.2) is 0 Å². The van der Waals surface area contributed by atoms with Crippen LogP contribution in [0.2, 0.25) is 0 Å². The van der Waals surface area contributed by atoms with E-state index < -0.39 is 29.8 Å². The third-order valence-electron chi connectivity index (χ3n) is 1.59. The zero-order chi connectivity index (χ0) is 11.5. The van der Waals surface area contributed by atoms with Crippen LogP contribution < -0.4 is 5.32 Å². The monoisotopic (exact) mass is 247 g/mol. The van der Waals surface area contributed by atoms with E-state index in [-0.39, 0.29) is 12.4 Å².